The van der Waals surface area contributed by atoms with Crippen molar-refractivity contribution in [3.05, 3.63) is 41.2 Å². The van der Waals surface area contributed by atoms with Crippen molar-refractivity contribution in [1.29, 1.82) is 0 Å². The molecular formula is C14H16FNO3S. The molecule has 0 unspecified atom stereocenters. The van der Waals surface area contributed by atoms with Gasteiger partial charge in [0.15, 0.2) is 0 Å². The molecule has 1 aliphatic heterocycles. The molecule has 0 saturated heterocycles. The van der Waals surface area contributed by atoms with Crippen molar-refractivity contribution in [2.45, 2.75) is 33.2 Å². The number of carbonyl (C=O) groups excluding carboxylic acids is 1. The molecule has 1 aromatic rings. The number of amides is 1. The molecule has 0 atom stereocenters. The van der Waals surface area contributed by atoms with Gasteiger partial charge in [0.05, 0.1) is 5.54 Å². The van der Waals surface area contributed by atoms with Gasteiger partial charge in [-0.05, 0) is 39.3 Å². The second kappa shape index (κ2) is 4.41. The van der Waals surface area contributed by atoms with Gasteiger partial charge in [-0.1, -0.05) is 12.1 Å². The minimum Gasteiger partial charge on any atom is -0.269 e. The highest BCUT2D eigenvalue weighted by atomic mass is 32.2. The van der Waals surface area contributed by atoms with Crippen LogP contribution < -0.4 is 0 Å². The maximum absolute atomic E-state index is 14.0. The molecule has 1 aromatic carbocycles. The standard InChI is InChI=1S/C14H16FNO3S/c1-9-5-6-10(11(15)7-9)12-8-13(17)16(14(2,3)4)20(12,18)19/h5-8H,1-4H3. The van der Waals surface area contributed by atoms with Gasteiger partial charge >= 0.3 is 0 Å². The van der Waals surface area contributed by atoms with Crippen molar-refractivity contribution < 1.29 is 17.6 Å². The summed E-state index contributed by atoms with van der Waals surface area (Å²) < 4.78 is 39.7. The topological polar surface area (TPSA) is 54.5 Å². The first-order valence-corrected chi connectivity index (χ1v) is 7.57. The lowest BCUT2D eigenvalue weighted by Crippen LogP contribution is -2.45. The fourth-order valence-electron chi connectivity index (χ4n) is 2.19. The summed E-state index contributed by atoms with van der Waals surface area (Å²) in [5.74, 6) is -1.30. The lowest BCUT2D eigenvalue weighted by Gasteiger charge is -2.30. The molecule has 1 amide bonds. The molecular weight excluding hydrogens is 281 g/mol. The van der Waals surface area contributed by atoms with Crippen molar-refractivity contribution in [3.63, 3.8) is 0 Å². The lowest BCUT2D eigenvalue weighted by atomic mass is 10.1. The second-order valence-electron chi connectivity index (χ2n) is 5.77. The van der Waals surface area contributed by atoms with Crippen LogP contribution in [0, 0.1) is 12.7 Å². The van der Waals surface area contributed by atoms with Crippen LogP contribution in [-0.2, 0) is 14.8 Å². The monoisotopic (exact) mass is 297 g/mol. The highest BCUT2D eigenvalue weighted by Gasteiger charge is 2.44. The fraction of sp³-hybridized carbons (Fsp3) is 0.357. The minimum atomic E-state index is -4.02. The van der Waals surface area contributed by atoms with Gasteiger partial charge in [0.25, 0.3) is 15.9 Å². The second-order valence-corrected chi connectivity index (χ2v) is 7.53. The molecule has 0 aliphatic carbocycles. The van der Waals surface area contributed by atoms with Crippen molar-refractivity contribution in [1.82, 2.24) is 4.31 Å². The first kappa shape index (κ1) is 14.7. The summed E-state index contributed by atoms with van der Waals surface area (Å²) in [6, 6.07) is 4.24. The number of hydrogen-bond acceptors (Lipinski definition) is 3. The molecule has 6 heteroatoms. The number of rotatable bonds is 1. The quantitative estimate of drug-likeness (QED) is 0.800. The van der Waals surface area contributed by atoms with Crippen LogP contribution in [0.4, 0.5) is 4.39 Å². The lowest BCUT2D eigenvalue weighted by molar-refractivity contribution is -0.123. The normalized spacial score (nSPS) is 18.4. The van der Waals surface area contributed by atoms with E-state index in [2.05, 4.69) is 0 Å². The average Bonchev–Trinajstić information content (AvgIpc) is 2.47. The summed E-state index contributed by atoms with van der Waals surface area (Å²) in [6.45, 7) is 6.55. The van der Waals surface area contributed by atoms with E-state index in [0.29, 0.717) is 5.56 Å². The van der Waals surface area contributed by atoms with E-state index in [1.807, 2.05) is 0 Å². The average molecular weight is 297 g/mol. The summed E-state index contributed by atoms with van der Waals surface area (Å²) in [4.78, 5) is 11.7. The van der Waals surface area contributed by atoms with Crippen LogP contribution in [0.1, 0.15) is 31.9 Å². The third-order valence-electron chi connectivity index (χ3n) is 2.97. The van der Waals surface area contributed by atoms with Crippen LogP contribution in [0.3, 0.4) is 0 Å². The maximum atomic E-state index is 14.0. The van der Waals surface area contributed by atoms with Crippen LogP contribution in [0.15, 0.2) is 24.3 Å². The van der Waals surface area contributed by atoms with Crippen LogP contribution in [0.25, 0.3) is 4.91 Å². The summed E-state index contributed by atoms with van der Waals surface area (Å²) in [6.07, 6.45) is 0.980. The Labute approximate surface area is 118 Å². The smallest absolute Gasteiger partial charge is 0.268 e. The summed E-state index contributed by atoms with van der Waals surface area (Å²) in [5.41, 5.74) is -0.285. The minimum absolute atomic E-state index is 0.0734. The van der Waals surface area contributed by atoms with Gasteiger partial charge in [-0.25, -0.2) is 17.1 Å². The first-order chi connectivity index (χ1) is 9.05. The van der Waals surface area contributed by atoms with Crippen molar-refractivity contribution in [2.75, 3.05) is 0 Å². The molecule has 4 nitrogen and oxygen atoms in total. The largest absolute Gasteiger partial charge is 0.269 e. The molecule has 20 heavy (non-hydrogen) atoms. The zero-order valence-corrected chi connectivity index (χ0v) is 12.6. The zero-order chi connectivity index (χ0) is 15.3. The van der Waals surface area contributed by atoms with E-state index in [1.54, 1.807) is 33.8 Å². The maximum Gasteiger partial charge on any atom is 0.268 e. The highest BCUT2D eigenvalue weighted by molar-refractivity contribution is 7.99. The summed E-state index contributed by atoms with van der Waals surface area (Å²) in [5, 5.41) is 0. The molecule has 0 saturated carbocycles. The Bertz CT molecular complexity index is 714. The number of benzene rings is 1. The van der Waals surface area contributed by atoms with Crippen molar-refractivity contribution in [2.24, 2.45) is 0 Å². The molecule has 0 radical (unpaired) electrons. The van der Waals surface area contributed by atoms with Crippen molar-refractivity contribution >= 4 is 20.8 Å². The van der Waals surface area contributed by atoms with Gasteiger partial charge in [0.1, 0.15) is 10.7 Å². The molecule has 0 N–H and O–H groups in total. The number of nitrogens with zero attached hydrogens (tertiary/aromatic N) is 1. The third-order valence-corrected chi connectivity index (χ3v) is 5.07. The van der Waals surface area contributed by atoms with Gasteiger partial charge in [0.2, 0.25) is 0 Å². The van der Waals surface area contributed by atoms with Gasteiger partial charge < -0.3 is 0 Å². The molecule has 0 fully saturated rings. The Morgan fingerprint density at radius 2 is 1.80 bits per heavy atom. The number of aryl methyl sites for hydroxylation is 1. The Morgan fingerprint density at radius 1 is 1.20 bits per heavy atom. The van der Waals surface area contributed by atoms with E-state index in [9.17, 15) is 17.6 Å². The Balaban J connectivity index is 2.61. The molecule has 0 aromatic heterocycles. The number of carbonyl (C=O) groups is 1. The van der Waals surface area contributed by atoms with E-state index >= 15 is 0 Å². The Hall–Kier alpha value is -1.69. The van der Waals surface area contributed by atoms with Gasteiger partial charge in [-0.15, -0.1) is 0 Å². The number of sulfonamides is 1. The Morgan fingerprint density at radius 3 is 2.25 bits per heavy atom. The predicted molar refractivity (Wildman–Crippen MR) is 74.6 cm³/mol. The van der Waals surface area contributed by atoms with E-state index in [1.165, 1.54) is 12.1 Å². The van der Waals surface area contributed by atoms with Crippen LogP contribution in [0.2, 0.25) is 0 Å². The Kier molecular flexibility index (Phi) is 3.25. The van der Waals surface area contributed by atoms with Crippen LogP contribution >= 0.6 is 0 Å². The summed E-state index contributed by atoms with van der Waals surface area (Å²) in [7, 11) is -4.02. The predicted octanol–water partition coefficient (Wildman–Crippen LogP) is 2.45. The highest BCUT2D eigenvalue weighted by Crippen LogP contribution is 2.36. The number of hydrogen-bond donors (Lipinski definition) is 0. The molecule has 2 rings (SSSR count). The zero-order valence-electron chi connectivity index (χ0n) is 11.8. The first-order valence-electron chi connectivity index (χ1n) is 6.13. The van der Waals surface area contributed by atoms with E-state index in [4.69, 9.17) is 0 Å². The van der Waals surface area contributed by atoms with Gasteiger partial charge in [0, 0.05) is 11.6 Å². The van der Waals surface area contributed by atoms with Crippen LogP contribution in [-0.4, -0.2) is 24.2 Å². The summed E-state index contributed by atoms with van der Waals surface area (Å²) >= 11 is 0. The molecule has 1 aliphatic rings. The van der Waals surface area contributed by atoms with E-state index in [-0.39, 0.29) is 10.5 Å². The molecule has 108 valence electrons. The molecule has 0 bridgehead atoms. The van der Waals surface area contributed by atoms with E-state index in [0.717, 1.165) is 10.4 Å². The van der Waals surface area contributed by atoms with Crippen molar-refractivity contribution in [3.8, 4) is 0 Å². The van der Waals surface area contributed by atoms with Gasteiger partial charge in [-0.2, -0.15) is 0 Å². The van der Waals surface area contributed by atoms with Gasteiger partial charge in [-0.3, -0.25) is 4.79 Å². The number of halogens is 1. The molecule has 1 heterocycles. The SMILES string of the molecule is Cc1ccc(C2=CC(=O)N(C(C)(C)C)S2(=O)=O)c(F)c1. The fourth-order valence-corrected chi connectivity index (χ4v) is 4.09. The molecule has 0 spiro atoms. The third kappa shape index (κ3) is 2.24. The van der Waals surface area contributed by atoms with E-state index < -0.39 is 27.3 Å². The van der Waals surface area contributed by atoms with Crippen LogP contribution in [0.5, 0.6) is 0 Å².